The lowest BCUT2D eigenvalue weighted by Gasteiger charge is -2.11. The van der Waals surface area contributed by atoms with Gasteiger partial charge in [-0.25, -0.2) is 4.79 Å². The Labute approximate surface area is 103 Å². The fraction of sp³-hybridized carbons (Fsp3) is 0.0769. The Hall–Kier alpha value is -2.56. The van der Waals surface area contributed by atoms with E-state index < -0.39 is 5.97 Å². The Kier molecular flexibility index (Phi) is 2.37. The standard InChI is InChI=1S/C13H11N3O2/c17-13(18)8-3-4-10-11(6-8)16-12(15-10)9-2-1-5-14-7-9/h1-7,12,15-16H,(H,17,18). The molecular weight excluding hydrogens is 230 g/mol. The third-order valence-electron chi connectivity index (χ3n) is 2.88. The van der Waals surface area contributed by atoms with E-state index in [9.17, 15) is 4.79 Å². The number of benzene rings is 1. The zero-order valence-corrected chi connectivity index (χ0v) is 9.42. The first-order chi connectivity index (χ1) is 8.74. The fourth-order valence-corrected chi connectivity index (χ4v) is 1.98. The van der Waals surface area contributed by atoms with Crippen LogP contribution in [0.3, 0.4) is 0 Å². The molecule has 0 saturated carbocycles. The quantitative estimate of drug-likeness (QED) is 0.752. The first kappa shape index (κ1) is 10.6. The monoisotopic (exact) mass is 241 g/mol. The van der Waals surface area contributed by atoms with Crippen LogP contribution in [0.1, 0.15) is 22.1 Å². The van der Waals surface area contributed by atoms with Gasteiger partial charge in [-0.3, -0.25) is 4.98 Å². The van der Waals surface area contributed by atoms with Gasteiger partial charge in [-0.15, -0.1) is 0 Å². The maximum absolute atomic E-state index is 10.9. The molecule has 0 aliphatic carbocycles. The number of rotatable bonds is 2. The molecule has 1 unspecified atom stereocenters. The van der Waals surface area contributed by atoms with Gasteiger partial charge < -0.3 is 15.7 Å². The Bertz CT molecular complexity index is 598. The molecule has 2 aromatic rings. The SMILES string of the molecule is O=C(O)c1ccc2c(c1)NC(c1cccnc1)N2. The van der Waals surface area contributed by atoms with Crippen LogP contribution in [0.5, 0.6) is 0 Å². The molecule has 1 aliphatic rings. The maximum Gasteiger partial charge on any atom is 0.335 e. The summed E-state index contributed by atoms with van der Waals surface area (Å²) in [4.78, 5) is 15.0. The number of carboxylic acids is 1. The topological polar surface area (TPSA) is 74.2 Å². The molecule has 2 heterocycles. The summed E-state index contributed by atoms with van der Waals surface area (Å²) < 4.78 is 0. The van der Waals surface area contributed by atoms with Gasteiger partial charge in [0.2, 0.25) is 0 Å². The van der Waals surface area contributed by atoms with E-state index in [-0.39, 0.29) is 11.7 Å². The summed E-state index contributed by atoms with van der Waals surface area (Å²) in [5.41, 5.74) is 2.97. The molecule has 5 nitrogen and oxygen atoms in total. The van der Waals surface area contributed by atoms with Crippen molar-refractivity contribution >= 4 is 17.3 Å². The fourth-order valence-electron chi connectivity index (χ4n) is 1.98. The average molecular weight is 241 g/mol. The number of anilines is 2. The number of aromatic carboxylic acids is 1. The lowest BCUT2D eigenvalue weighted by molar-refractivity contribution is 0.0697. The molecule has 3 rings (SSSR count). The minimum absolute atomic E-state index is 0.0715. The molecule has 18 heavy (non-hydrogen) atoms. The summed E-state index contributed by atoms with van der Waals surface area (Å²) in [5.74, 6) is -0.926. The summed E-state index contributed by atoms with van der Waals surface area (Å²) in [5, 5.41) is 15.4. The lowest BCUT2D eigenvalue weighted by atomic mass is 10.2. The Balaban J connectivity index is 1.90. The number of carbonyl (C=O) groups is 1. The molecule has 0 bridgehead atoms. The number of fused-ring (bicyclic) bond motifs is 1. The molecule has 0 radical (unpaired) electrons. The number of hydrogen-bond acceptors (Lipinski definition) is 4. The van der Waals surface area contributed by atoms with Crippen LogP contribution in [0.15, 0.2) is 42.7 Å². The van der Waals surface area contributed by atoms with Crippen LogP contribution >= 0.6 is 0 Å². The molecule has 0 amide bonds. The van der Waals surface area contributed by atoms with E-state index in [2.05, 4.69) is 15.6 Å². The molecule has 1 atom stereocenters. The van der Waals surface area contributed by atoms with Crippen LogP contribution in [0.25, 0.3) is 0 Å². The minimum atomic E-state index is -0.926. The van der Waals surface area contributed by atoms with Crippen molar-refractivity contribution in [2.45, 2.75) is 6.17 Å². The van der Waals surface area contributed by atoms with Gasteiger partial charge in [-0.1, -0.05) is 6.07 Å². The van der Waals surface area contributed by atoms with Gasteiger partial charge in [0.1, 0.15) is 6.17 Å². The molecule has 1 aromatic carbocycles. The van der Waals surface area contributed by atoms with Gasteiger partial charge in [-0.2, -0.15) is 0 Å². The molecule has 3 N–H and O–H groups in total. The van der Waals surface area contributed by atoms with Crippen LogP contribution in [0, 0.1) is 0 Å². The molecule has 1 aliphatic heterocycles. The van der Waals surface area contributed by atoms with Crippen molar-refractivity contribution in [3.05, 3.63) is 53.9 Å². The summed E-state index contributed by atoms with van der Waals surface area (Å²) in [6.07, 6.45) is 3.42. The Morgan fingerprint density at radius 2 is 2.06 bits per heavy atom. The Morgan fingerprint density at radius 3 is 2.78 bits per heavy atom. The first-order valence-corrected chi connectivity index (χ1v) is 5.54. The van der Waals surface area contributed by atoms with Crippen LogP contribution in [-0.2, 0) is 0 Å². The normalized spacial score (nSPS) is 16.6. The molecular formula is C13H11N3O2. The second-order valence-corrected chi connectivity index (χ2v) is 4.07. The largest absolute Gasteiger partial charge is 0.478 e. The van der Waals surface area contributed by atoms with E-state index in [4.69, 9.17) is 5.11 Å². The van der Waals surface area contributed by atoms with Gasteiger partial charge in [0.05, 0.1) is 16.9 Å². The molecule has 0 fully saturated rings. The van der Waals surface area contributed by atoms with Crippen LogP contribution < -0.4 is 10.6 Å². The Morgan fingerprint density at radius 1 is 1.22 bits per heavy atom. The van der Waals surface area contributed by atoms with E-state index in [0.29, 0.717) is 0 Å². The van der Waals surface area contributed by atoms with Gasteiger partial charge >= 0.3 is 5.97 Å². The molecule has 0 spiro atoms. The van der Waals surface area contributed by atoms with Crippen molar-refractivity contribution in [1.29, 1.82) is 0 Å². The number of hydrogen-bond donors (Lipinski definition) is 3. The van der Waals surface area contributed by atoms with E-state index >= 15 is 0 Å². The molecule has 0 saturated heterocycles. The smallest absolute Gasteiger partial charge is 0.335 e. The lowest BCUT2D eigenvalue weighted by Crippen LogP contribution is -2.12. The van der Waals surface area contributed by atoms with E-state index in [0.717, 1.165) is 16.9 Å². The van der Waals surface area contributed by atoms with Gasteiger partial charge in [0.15, 0.2) is 0 Å². The summed E-state index contributed by atoms with van der Waals surface area (Å²) in [6, 6.07) is 8.80. The van der Waals surface area contributed by atoms with Crippen molar-refractivity contribution in [1.82, 2.24) is 4.98 Å². The second-order valence-electron chi connectivity index (χ2n) is 4.07. The number of carboxylic acid groups (broad SMARTS) is 1. The van der Waals surface area contributed by atoms with Crippen molar-refractivity contribution in [3.8, 4) is 0 Å². The van der Waals surface area contributed by atoms with Crippen LogP contribution in [0.2, 0.25) is 0 Å². The molecule has 5 heteroatoms. The molecule has 90 valence electrons. The minimum Gasteiger partial charge on any atom is -0.478 e. The van der Waals surface area contributed by atoms with Crippen molar-refractivity contribution in [2.24, 2.45) is 0 Å². The van der Waals surface area contributed by atoms with E-state index in [1.807, 2.05) is 12.1 Å². The zero-order valence-electron chi connectivity index (χ0n) is 9.42. The maximum atomic E-state index is 10.9. The number of nitrogens with one attached hydrogen (secondary N) is 2. The van der Waals surface area contributed by atoms with Crippen molar-refractivity contribution in [2.75, 3.05) is 10.6 Å². The van der Waals surface area contributed by atoms with E-state index in [1.165, 1.54) is 0 Å². The third kappa shape index (κ3) is 1.75. The average Bonchev–Trinajstić information content (AvgIpc) is 2.82. The predicted molar refractivity (Wildman–Crippen MR) is 67.6 cm³/mol. The predicted octanol–water partition coefficient (Wildman–Crippen LogP) is 2.32. The summed E-state index contributed by atoms with van der Waals surface area (Å²) in [6.45, 7) is 0. The highest BCUT2D eigenvalue weighted by atomic mass is 16.4. The van der Waals surface area contributed by atoms with Crippen LogP contribution in [0.4, 0.5) is 11.4 Å². The third-order valence-corrected chi connectivity index (χ3v) is 2.88. The van der Waals surface area contributed by atoms with Gasteiger partial charge in [0, 0.05) is 18.0 Å². The second kappa shape index (κ2) is 4.03. The highest BCUT2D eigenvalue weighted by Gasteiger charge is 2.21. The summed E-state index contributed by atoms with van der Waals surface area (Å²) >= 11 is 0. The van der Waals surface area contributed by atoms with E-state index in [1.54, 1.807) is 30.6 Å². The first-order valence-electron chi connectivity index (χ1n) is 5.54. The summed E-state index contributed by atoms with van der Waals surface area (Å²) in [7, 11) is 0. The van der Waals surface area contributed by atoms with Gasteiger partial charge in [-0.05, 0) is 24.3 Å². The number of aromatic nitrogens is 1. The highest BCUT2D eigenvalue weighted by Crippen LogP contribution is 2.35. The van der Waals surface area contributed by atoms with Crippen molar-refractivity contribution in [3.63, 3.8) is 0 Å². The van der Waals surface area contributed by atoms with Gasteiger partial charge in [0.25, 0.3) is 0 Å². The number of nitrogens with zero attached hydrogens (tertiary/aromatic N) is 1. The zero-order chi connectivity index (χ0) is 12.5. The van der Waals surface area contributed by atoms with Crippen molar-refractivity contribution < 1.29 is 9.90 Å². The van der Waals surface area contributed by atoms with Crippen LogP contribution in [-0.4, -0.2) is 16.1 Å². The highest BCUT2D eigenvalue weighted by molar-refractivity contribution is 5.91. The molecule has 1 aromatic heterocycles. The number of pyridine rings is 1.